The van der Waals surface area contributed by atoms with Crippen molar-refractivity contribution >= 4 is 5.69 Å². The van der Waals surface area contributed by atoms with Crippen LogP contribution in [0.25, 0.3) is 0 Å². The van der Waals surface area contributed by atoms with Crippen molar-refractivity contribution in [3.63, 3.8) is 0 Å². The molecule has 0 spiro atoms. The van der Waals surface area contributed by atoms with E-state index in [0.29, 0.717) is 0 Å². The van der Waals surface area contributed by atoms with Crippen LogP contribution in [-0.2, 0) is 0 Å². The Morgan fingerprint density at radius 3 is 2.77 bits per heavy atom. The van der Waals surface area contributed by atoms with Crippen molar-refractivity contribution < 1.29 is 8.78 Å². The molecule has 2 nitrogen and oxygen atoms in total. The van der Waals surface area contributed by atoms with E-state index < -0.39 is 11.6 Å². The van der Waals surface area contributed by atoms with Crippen molar-refractivity contribution in [2.45, 2.75) is 0 Å². The van der Waals surface area contributed by atoms with Crippen LogP contribution in [0.5, 0.6) is 0 Å². The van der Waals surface area contributed by atoms with Crippen molar-refractivity contribution in [1.29, 1.82) is 5.26 Å². The van der Waals surface area contributed by atoms with Gasteiger partial charge in [-0.05, 0) is 12.1 Å². The van der Waals surface area contributed by atoms with Gasteiger partial charge in [-0.15, -0.1) is 0 Å². The molecule has 13 heavy (non-hydrogen) atoms. The first-order valence-corrected chi connectivity index (χ1v) is 3.68. The van der Waals surface area contributed by atoms with Crippen LogP contribution in [0.1, 0.15) is 0 Å². The Morgan fingerprint density at radius 2 is 2.15 bits per heavy atom. The third kappa shape index (κ3) is 2.15. The number of rotatable bonds is 2. The fraction of sp³-hybridized carbons (Fsp3) is 0.222. The molecule has 0 aromatic heterocycles. The molecule has 1 rings (SSSR count). The molecule has 0 heterocycles. The van der Waals surface area contributed by atoms with Gasteiger partial charge in [-0.25, -0.2) is 8.78 Å². The summed E-state index contributed by atoms with van der Waals surface area (Å²) in [5.74, 6) is -1.04. The van der Waals surface area contributed by atoms with Gasteiger partial charge in [0.25, 0.3) is 0 Å². The predicted molar refractivity (Wildman–Crippen MR) is 45.2 cm³/mol. The predicted octanol–water partition coefficient (Wildman–Crippen LogP) is 1.92. The van der Waals surface area contributed by atoms with Gasteiger partial charge in [-0.3, -0.25) is 0 Å². The topological polar surface area (TPSA) is 27.0 Å². The second-order valence-electron chi connectivity index (χ2n) is 2.61. The van der Waals surface area contributed by atoms with E-state index in [1.54, 1.807) is 0 Å². The van der Waals surface area contributed by atoms with Crippen LogP contribution in [0.15, 0.2) is 18.2 Å². The highest BCUT2D eigenvalue weighted by Crippen LogP contribution is 2.18. The normalized spacial score (nSPS) is 9.38. The summed E-state index contributed by atoms with van der Waals surface area (Å²) in [6.45, 7) is 0.0281. The van der Waals surface area contributed by atoms with Crippen molar-refractivity contribution in [2.24, 2.45) is 0 Å². The minimum atomic E-state index is -0.529. The SMILES string of the molecule is CN(CC#N)c1cc(F)ccc1F. The lowest BCUT2D eigenvalue weighted by molar-refractivity contribution is 0.598. The Balaban J connectivity index is 3.00. The van der Waals surface area contributed by atoms with Crippen LogP contribution in [-0.4, -0.2) is 13.6 Å². The maximum Gasteiger partial charge on any atom is 0.146 e. The molecular formula is C9H8F2N2. The van der Waals surface area contributed by atoms with Crippen LogP contribution in [0.3, 0.4) is 0 Å². The first kappa shape index (κ1) is 9.46. The molecule has 0 saturated heterocycles. The van der Waals surface area contributed by atoms with Crippen LogP contribution in [0.2, 0.25) is 0 Å². The molecule has 0 fully saturated rings. The quantitative estimate of drug-likeness (QED) is 0.653. The van der Waals surface area contributed by atoms with E-state index in [0.717, 1.165) is 18.2 Å². The maximum atomic E-state index is 13.0. The number of nitriles is 1. The van der Waals surface area contributed by atoms with Gasteiger partial charge in [-0.1, -0.05) is 0 Å². The second-order valence-corrected chi connectivity index (χ2v) is 2.61. The Bertz CT molecular complexity index is 344. The Labute approximate surface area is 75.0 Å². The molecule has 1 aromatic rings. The van der Waals surface area contributed by atoms with E-state index in [9.17, 15) is 8.78 Å². The van der Waals surface area contributed by atoms with Crippen molar-refractivity contribution in [2.75, 3.05) is 18.5 Å². The van der Waals surface area contributed by atoms with Gasteiger partial charge in [0.15, 0.2) is 0 Å². The zero-order chi connectivity index (χ0) is 9.84. The van der Waals surface area contributed by atoms with E-state index in [1.807, 2.05) is 6.07 Å². The van der Waals surface area contributed by atoms with E-state index in [2.05, 4.69) is 0 Å². The molecule has 0 amide bonds. The largest absolute Gasteiger partial charge is 0.359 e. The number of anilines is 1. The van der Waals surface area contributed by atoms with Gasteiger partial charge in [0.1, 0.15) is 18.2 Å². The van der Waals surface area contributed by atoms with Gasteiger partial charge in [0, 0.05) is 13.1 Å². The summed E-state index contributed by atoms with van der Waals surface area (Å²) in [4.78, 5) is 1.35. The summed E-state index contributed by atoms with van der Waals surface area (Å²) >= 11 is 0. The van der Waals surface area contributed by atoms with E-state index in [4.69, 9.17) is 5.26 Å². The van der Waals surface area contributed by atoms with Crippen molar-refractivity contribution in [3.05, 3.63) is 29.8 Å². The smallest absolute Gasteiger partial charge is 0.146 e. The molecule has 4 heteroatoms. The fourth-order valence-corrected chi connectivity index (χ4v) is 0.970. The first-order chi connectivity index (χ1) is 6.15. The van der Waals surface area contributed by atoms with Crippen LogP contribution in [0, 0.1) is 23.0 Å². The minimum Gasteiger partial charge on any atom is -0.359 e. The van der Waals surface area contributed by atoms with Gasteiger partial charge in [0.05, 0.1) is 11.8 Å². The average molecular weight is 182 g/mol. The molecule has 0 bridgehead atoms. The van der Waals surface area contributed by atoms with Gasteiger partial charge >= 0.3 is 0 Å². The molecule has 0 aliphatic heterocycles. The lowest BCUT2D eigenvalue weighted by Crippen LogP contribution is -2.18. The third-order valence-electron chi connectivity index (χ3n) is 1.63. The van der Waals surface area contributed by atoms with Crippen LogP contribution < -0.4 is 4.90 Å². The standard InChI is InChI=1S/C9H8F2N2/c1-13(5-4-12)9-6-7(10)2-3-8(9)11/h2-3,6H,5H2,1H3. The Kier molecular flexibility index (Phi) is 2.80. The molecule has 0 atom stereocenters. The van der Waals surface area contributed by atoms with Gasteiger partial charge < -0.3 is 4.90 Å². The highest BCUT2D eigenvalue weighted by molar-refractivity contribution is 5.47. The average Bonchev–Trinajstić information content (AvgIpc) is 2.09. The third-order valence-corrected chi connectivity index (χ3v) is 1.63. The first-order valence-electron chi connectivity index (χ1n) is 3.68. The number of hydrogen-bond donors (Lipinski definition) is 0. The molecule has 0 unspecified atom stereocenters. The summed E-state index contributed by atoms with van der Waals surface area (Å²) in [7, 11) is 1.53. The summed E-state index contributed by atoms with van der Waals surface area (Å²) in [6, 6.07) is 4.99. The van der Waals surface area contributed by atoms with E-state index in [-0.39, 0.29) is 12.2 Å². The number of nitrogens with zero attached hydrogens (tertiary/aromatic N) is 2. The number of halogens is 2. The summed E-state index contributed by atoms with van der Waals surface area (Å²) < 4.78 is 25.7. The molecule has 0 aliphatic carbocycles. The Hall–Kier alpha value is -1.63. The number of benzene rings is 1. The summed E-state index contributed by atoms with van der Waals surface area (Å²) in [5, 5.41) is 8.35. The Morgan fingerprint density at radius 1 is 1.46 bits per heavy atom. The maximum absolute atomic E-state index is 13.0. The highest BCUT2D eigenvalue weighted by atomic mass is 19.1. The van der Waals surface area contributed by atoms with Crippen LogP contribution in [0.4, 0.5) is 14.5 Å². The van der Waals surface area contributed by atoms with Crippen molar-refractivity contribution in [1.82, 2.24) is 0 Å². The highest BCUT2D eigenvalue weighted by Gasteiger charge is 2.07. The van der Waals surface area contributed by atoms with E-state index in [1.165, 1.54) is 11.9 Å². The lowest BCUT2D eigenvalue weighted by atomic mass is 10.2. The lowest BCUT2D eigenvalue weighted by Gasteiger charge is -2.15. The van der Waals surface area contributed by atoms with Gasteiger partial charge in [0.2, 0.25) is 0 Å². The molecular weight excluding hydrogens is 174 g/mol. The monoisotopic (exact) mass is 182 g/mol. The second kappa shape index (κ2) is 3.85. The zero-order valence-electron chi connectivity index (χ0n) is 7.09. The molecule has 0 radical (unpaired) electrons. The van der Waals surface area contributed by atoms with Gasteiger partial charge in [-0.2, -0.15) is 5.26 Å². The molecule has 1 aromatic carbocycles. The summed E-state index contributed by atoms with van der Waals surface area (Å²) in [6.07, 6.45) is 0. The molecule has 68 valence electrons. The molecule has 0 aliphatic rings. The van der Waals surface area contributed by atoms with Crippen LogP contribution >= 0.6 is 0 Å². The zero-order valence-corrected chi connectivity index (χ0v) is 7.09. The molecule has 0 saturated carbocycles. The fourth-order valence-electron chi connectivity index (χ4n) is 0.970. The molecule has 0 N–H and O–H groups in total. The summed E-state index contributed by atoms with van der Waals surface area (Å²) in [5.41, 5.74) is 0.0987. The number of hydrogen-bond acceptors (Lipinski definition) is 2. The van der Waals surface area contributed by atoms with Crippen molar-refractivity contribution in [3.8, 4) is 6.07 Å². The van der Waals surface area contributed by atoms with E-state index >= 15 is 0 Å². The minimum absolute atomic E-state index is 0.0281.